The zero-order chi connectivity index (χ0) is 15.6. The van der Waals surface area contributed by atoms with E-state index in [1.54, 1.807) is 6.92 Å². The van der Waals surface area contributed by atoms with Crippen LogP contribution in [0.5, 0.6) is 0 Å². The summed E-state index contributed by atoms with van der Waals surface area (Å²) in [5, 5.41) is 3.95. The van der Waals surface area contributed by atoms with Gasteiger partial charge in [0.1, 0.15) is 0 Å². The molecule has 21 heavy (non-hydrogen) atoms. The Morgan fingerprint density at radius 3 is 2.76 bits per heavy atom. The third-order valence-corrected chi connectivity index (χ3v) is 3.92. The van der Waals surface area contributed by atoms with Gasteiger partial charge in [0.15, 0.2) is 5.82 Å². The Labute approximate surface area is 126 Å². The van der Waals surface area contributed by atoms with Crippen LogP contribution in [0, 0.1) is 12.3 Å². The number of aryl methyl sites for hydroxylation is 1. The number of likely N-dealkylation sites (tertiary alicyclic amines) is 1. The third-order valence-electron chi connectivity index (χ3n) is 3.92. The van der Waals surface area contributed by atoms with Crippen molar-refractivity contribution in [3.63, 3.8) is 0 Å². The van der Waals surface area contributed by atoms with Crippen LogP contribution in [0.1, 0.15) is 45.3 Å². The van der Waals surface area contributed by atoms with E-state index in [4.69, 9.17) is 4.52 Å². The fraction of sp³-hybridized carbons (Fsp3) is 0.800. The van der Waals surface area contributed by atoms with E-state index in [9.17, 15) is 4.79 Å². The van der Waals surface area contributed by atoms with Gasteiger partial charge in [-0.15, -0.1) is 0 Å². The van der Waals surface area contributed by atoms with Crippen LogP contribution in [-0.2, 0) is 11.3 Å². The summed E-state index contributed by atoms with van der Waals surface area (Å²) < 4.78 is 5.01. The first kappa shape index (κ1) is 15.9. The summed E-state index contributed by atoms with van der Waals surface area (Å²) in [7, 11) is 1.92. The molecule has 1 unspecified atom stereocenters. The summed E-state index contributed by atoms with van der Waals surface area (Å²) in [6.07, 6.45) is 2.14. The smallest absolute Gasteiger partial charge is 0.227 e. The summed E-state index contributed by atoms with van der Waals surface area (Å²) in [5.41, 5.74) is -0.332. The van der Waals surface area contributed by atoms with E-state index in [1.165, 1.54) is 0 Å². The van der Waals surface area contributed by atoms with Crippen LogP contribution in [0.2, 0.25) is 0 Å². The van der Waals surface area contributed by atoms with Gasteiger partial charge in [-0.25, -0.2) is 0 Å². The van der Waals surface area contributed by atoms with Crippen LogP contribution < -0.4 is 0 Å². The van der Waals surface area contributed by atoms with Crippen molar-refractivity contribution in [2.75, 3.05) is 20.1 Å². The van der Waals surface area contributed by atoms with E-state index in [2.05, 4.69) is 15.0 Å². The Bertz CT molecular complexity index is 492. The topological polar surface area (TPSA) is 62.5 Å². The van der Waals surface area contributed by atoms with E-state index < -0.39 is 0 Å². The molecule has 1 saturated heterocycles. The molecule has 6 nitrogen and oxygen atoms in total. The SMILES string of the molecule is Cc1nc(CN2CCCC(N(C)C(=O)C(C)(C)C)C2)no1. The normalized spacial score (nSPS) is 20.5. The molecule has 0 N–H and O–H groups in total. The quantitative estimate of drug-likeness (QED) is 0.851. The van der Waals surface area contributed by atoms with Crippen LogP contribution in [0.25, 0.3) is 0 Å². The van der Waals surface area contributed by atoms with Gasteiger partial charge in [-0.2, -0.15) is 4.98 Å². The molecule has 2 heterocycles. The Morgan fingerprint density at radius 2 is 2.19 bits per heavy atom. The lowest BCUT2D eigenvalue weighted by atomic mass is 9.93. The Kier molecular flexibility index (Phi) is 4.66. The highest BCUT2D eigenvalue weighted by atomic mass is 16.5. The van der Waals surface area contributed by atoms with Crippen molar-refractivity contribution in [1.82, 2.24) is 19.9 Å². The number of rotatable bonds is 3. The van der Waals surface area contributed by atoms with Gasteiger partial charge < -0.3 is 9.42 Å². The fourth-order valence-electron chi connectivity index (χ4n) is 2.79. The van der Waals surface area contributed by atoms with Gasteiger partial charge in [-0.1, -0.05) is 25.9 Å². The Hall–Kier alpha value is -1.43. The summed E-state index contributed by atoms with van der Waals surface area (Å²) in [4.78, 5) is 20.9. The second-order valence-electron chi connectivity index (χ2n) is 6.93. The first-order chi connectivity index (χ1) is 9.77. The van der Waals surface area contributed by atoms with E-state index in [0.29, 0.717) is 12.4 Å². The minimum Gasteiger partial charge on any atom is -0.341 e. The van der Waals surface area contributed by atoms with Crippen LogP contribution in [0.4, 0.5) is 0 Å². The van der Waals surface area contributed by atoms with Gasteiger partial charge >= 0.3 is 0 Å². The highest BCUT2D eigenvalue weighted by molar-refractivity contribution is 5.81. The molecule has 1 amide bonds. The molecule has 6 heteroatoms. The number of hydrogen-bond donors (Lipinski definition) is 0. The van der Waals surface area contributed by atoms with Gasteiger partial charge in [0.2, 0.25) is 11.8 Å². The zero-order valence-corrected chi connectivity index (χ0v) is 13.7. The highest BCUT2D eigenvalue weighted by Crippen LogP contribution is 2.22. The maximum absolute atomic E-state index is 12.4. The Balaban J connectivity index is 1.95. The second kappa shape index (κ2) is 6.13. The molecular weight excluding hydrogens is 268 g/mol. The molecule has 2 rings (SSSR count). The standard InChI is InChI=1S/C15H26N4O2/c1-11-16-13(17-21-11)10-19-8-6-7-12(9-19)18(5)14(20)15(2,3)4/h12H,6-10H2,1-5H3. The molecule has 1 aromatic heterocycles. The number of nitrogens with zero attached hydrogens (tertiary/aromatic N) is 4. The number of carbonyl (C=O) groups excluding carboxylic acids is 1. The fourth-order valence-corrected chi connectivity index (χ4v) is 2.79. The highest BCUT2D eigenvalue weighted by Gasteiger charge is 2.32. The van der Waals surface area contributed by atoms with E-state index in [-0.39, 0.29) is 17.4 Å². The van der Waals surface area contributed by atoms with Gasteiger partial charge in [0, 0.05) is 32.0 Å². The monoisotopic (exact) mass is 294 g/mol. The maximum Gasteiger partial charge on any atom is 0.227 e. The molecule has 1 aliphatic heterocycles. The van der Waals surface area contributed by atoms with Crippen molar-refractivity contribution in [1.29, 1.82) is 0 Å². The molecule has 0 aliphatic carbocycles. The molecule has 1 atom stereocenters. The van der Waals surface area contributed by atoms with Crippen LogP contribution in [0.15, 0.2) is 4.52 Å². The number of hydrogen-bond acceptors (Lipinski definition) is 5. The zero-order valence-electron chi connectivity index (χ0n) is 13.7. The summed E-state index contributed by atoms with van der Waals surface area (Å²) in [5.74, 6) is 1.52. The summed E-state index contributed by atoms with van der Waals surface area (Å²) >= 11 is 0. The molecular formula is C15H26N4O2. The predicted octanol–water partition coefficient (Wildman–Crippen LogP) is 1.85. The molecule has 1 aliphatic rings. The molecule has 1 aromatic rings. The van der Waals surface area contributed by atoms with Gasteiger partial charge in [-0.05, 0) is 19.4 Å². The lowest BCUT2D eigenvalue weighted by Crippen LogP contribution is -2.51. The van der Waals surface area contributed by atoms with Crippen molar-refractivity contribution in [2.45, 2.75) is 53.1 Å². The predicted molar refractivity (Wildman–Crippen MR) is 79.6 cm³/mol. The van der Waals surface area contributed by atoms with Crippen LogP contribution in [0.3, 0.4) is 0 Å². The Morgan fingerprint density at radius 1 is 1.48 bits per heavy atom. The van der Waals surface area contributed by atoms with E-state index in [0.717, 1.165) is 31.8 Å². The van der Waals surface area contributed by atoms with Crippen molar-refractivity contribution in [3.8, 4) is 0 Å². The number of piperidine rings is 1. The van der Waals surface area contributed by atoms with Crippen LogP contribution >= 0.6 is 0 Å². The average Bonchev–Trinajstić information content (AvgIpc) is 2.81. The lowest BCUT2D eigenvalue weighted by Gasteiger charge is -2.39. The van der Waals surface area contributed by atoms with Gasteiger partial charge in [0.05, 0.1) is 6.54 Å². The number of likely N-dealkylation sites (N-methyl/N-ethyl adjacent to an activating group) is 1. The first-order valence-electron chi connectivity index (χ1n) is 7.56. The molecule has 0 aromatic carbocycles. The largest absolute Gasteiger partial charge is 0.341 e. The van der Waals surface area contributed by atoms with Crippen molar-refractivity contribution in [3.05, 3.63) is 11.7 Å². The number of aromatic nitrogens is 2. The minimum absolute atomic E-state index is 0.199. The number of carbonyl (C=O) groups is 1. The summed E-state index contributed by atoms with van der Waals surface area (Å²) in [6, 6.07) is 0.262. The molecule has 0 bridgehead atoms. The molecule has 0 saturated carbocycles. The van der Waals surface area contributed by atoms with Crippen LogP contribution in [-0.4, -0.2) is 52.0 Å². The number of amides is 1. The molecule has 0 spiro atoms. The average molecular weight is 294 g/mol. The molecule has 0 radical (unpaired) electrons. The van der Waals surface area contributed by atoms with E-state index >= 15 is 0 Å². The lowest BCUT2D eigenvalue weighted by molar-refractivity contribution is -0.141. The van der Waals surface area contributed by atoms with Crippen molar-refractivity contribution in [2.24, 2.45) is 5.41 Å². The second-order valence-corrected chi connectivity index (χ2v) is 6.93. The van der Waals surface area contributed by atoms with Gasteiger partial charge in [0.25, 0.3) is 0 Å². The van der Waals surface area contributed by atoms with E-state index in [1.807, 2.05) is 32.7 Å². The maximum atomic E-state index is 12.4. The minimum atomic E-state index is -0.332. The van der Waals surface area contributed by atoms with Gasteiger partial charge in [-0.3, -0.25) is 9.69 Å². The van der Waals surface area contributed by atoms with Crippen molar-refractivity contribution < 1.29 is 9.32 Å². The summed E-state index contributed by atoms with van der Waals surface area (Å²) in [6.45, 7) is 10.3. The van der Waals surface area contributed by atoms with Crippen molar-refractivity contribution >= 4 is 5.91 Å². The first-order valence-corrected chi connectivity index (χ1v) is 7.56. The third kappa shape index (κ3) is 4.03. The molecule has 118 valence electrons. The molecule has 1 fully saturated rings.